The average molecular weight is 233 g/mol. The number of nitrogens with zero attached hydrogens (tertiary/aromatic N) is 1. The van der Waals surface area contributed by atoms with E-state index in [1.165, 1.54) is 18.3 Å². The van der Waals surface area contributed by atoms with E-state index < -0.39 is 5.97 Å². The number of hydrogen-bond acceptors (Lipinski definition) is 5. The van der Waals surface area contributed by atoms with Crippen LogP contribution in [0.5, 0.6) is 0 Å². The summed E-state index contributed by atoms with van der Waals surface area (Å²) >= 11 is 0. The fraction of sp³-hybridized carbons (Fsp3) is 0.0909. The lowest BCUT2D eigenvalue weighted by molar-refractivity contribution is 0.0697. The van der Waals surface area contributed by atoms with Crippen LogP contribution in [-0.4, -0.2) is 16.2 Å². The molecule has 2 aromatic rings. The Morgan fingerprint density at radius 1 is 1.47 bits per heavy atom. The molecule has 1 aromatic carbocycles. The molecule has 6 nitrogen and oxygen atoms in total. The van der Waals surface area contributed by atoms with Crippen LogP contribution in [0.2, 0.25) is 0 Å². The van der Waals surface area contributed by atoms with E-state index >= 15 is 0 Å². The first kappa shape index (κ1) is 11.0. The topological polar surface area (TPSA) is 101 Å². The number of carboxylic acids is 1. The van der Waals surface area contributed by atoms with Crippen LogP contribution < -0.4 is 11.1 Å². The van der Waals surface area contributed by atoms with Gasteiger partial charge in [0.05, 0.1) is 29.7 Å². The van der Waals surface area contributed by atoms with Gasteiger partial charge in [-0.05, 0) is 18.2 Å². The maximum absolute atomic E-state index is 10.8. The normalized spacial score (nSPS) is 10.1. The summed E-state index contributed by atoms with van der Waals surface area (Å²) in [5.74, 6) is -0.349. The Labute approximate surface area is 97.0 Å². The molecule has 0 amide bonds. The van der Waals surface area contributed by atoms with Crippen molar-refractivity contribution in [3.63, 3.8) is 0 Å². The number of hydrogen-bond donors (Lipinski definition) is 3. The van der Waals surface area contributed by atoms with Crippen LogP contribution in [0, 0.1) is 0 Å². The first-order valence-electron chi connectivity index (χ1n) is 4.93. The zero-order valence-corrected chi connectivity index (χ0v) is 8.88. The van der Waals surface area contributed by atoms with E-state index in [2.05, 4.69) is 10.5 Å². The highest BCUT2D eigenvalue weighted by Crippen LogP contribution is 2.20. The van der Waals surface area contributed by atoms with Crippen molar-refractivity contribution in [3.8, 4) is 0 Å². The van der Waals surface area contributed by atoms with E-state index in [-0.39, 0.29) is 5.56 Å². The Bertz CT molecular complexity index is 523. The van der Waals surface area contributed by atoms with Crippen LogP contribution in [0.25, 0.3) is 0 Å². The van der Waals surface area contributed by atoms with Crippen molar-refractivity contribution >= 4 is 17.3 Å². The van der Waals surface area contributed by atoms with Crippen LogP contribution in [0.1, 0.15) is 16.1 Å². The van der Waals surface area contributed by atoms with Gasteiger partial charge in [-0.2, -0.15) is 0 Å². The molecule has 0 radical (unpaired) electrons. The third-order valence-corrected chi connectivity index (χ3v) is 2.24. The van der Waals surface area contributed by atoms with Crippen LogP contribution >= 0.6 is 0 Å². The number of rotatable bonds is 4. The minimum Gasteiger partial charge on any atom is -0.478 e. The molecule has 0 saturated carbocycles. The third kappa shape index (κ3) is 2.54. The van der Waals surface area contributed by atoms with Gasteiger partial charge in [0.15, 0.2) is 5.76 Å². The van der Waals surface area contributed by atoms with E-state index in [0.29, 0.717) is 23.7 Å². The van der Waals surface area contributed by atoms with Gasteiger partial charge in [0.1, 0.15) is 0 Å². The van der Waals surface area contributed by atoms with Crippen molar-refractivity contribution in [1.29, 1.82) is 0 Å². The number of aromatic carboxylic acids is 1. The molecule has 1 heterocycles. The highest BCUT2D eigenvalue weighted by Gasteiger charge is 2.07. The summed E-state index contributed by atoms with van der Waals surface area (Å²) in [5.41, 5.74) is 6.95. The smallest absolute Gasteiger partial charge is 0.335 e. The van der Waals surface area contributed by atoms with Gasteiger partial charge >= 0.3 is 5.97 Å². The molecule has 0 saturated heterocycles. The SMILES string of the molecule is Nc1ccc(C(=O)O)cc1NCc1ccno1. The summed E-state index contributed by atoms with van der Waals surface area (Å²) in [6, 6.07) is 6.20. The zero-order valence-electron chi connectivity index (χ0n) is 8.88. The number of benzene rings is 1. The van der Waals surface area contributed by atoms with E-state index in [1.54, 1.807) is 12.1 Å². The Hall–Kier alpha value is -2.50. The van der Waals surface area contributed by atoms with E-state index in [1.807, 2.05) is 0 Å². The summed E-state index contributed by atoms with van der Waals surface area (Å²) in [6.07, 6.45) is 1.54. The summed E-state index contributed by atoms with van der Waals surface area (Å²) < 4.78 is 4.90. The second-order valence-corrected chi connectivity index (χ2v) is 3.44. The lowest BCUT2D eigenvalue weighted by Crippen LogP contribution is -2.04. The lowest BCUT2D eigenvalue weighted by atomic mass is 10.1. The van der Waals surface area contributed by atoms with Gasteiger partial charge in [-0.1, -0.05) is 5.16 Å². The monoisotopic (exact) mass is 233 g/mol. The average Bonchev–Trinajstić information content (AvgIpc) is 2.80. The van der Waals surface area contributed by atoms with Crippen molar-refractivity contribution in [2.24, 2.45) is 0 Å². The van der Waals surface area contributed by atoms with Gasteiger partial charge in [0.2, 0.25) is 0 Å². The van der Waals surface area contributed by atoms with Crippen molar-refractivity contribution < 1.29 is 14.4 Å². The number of nitrogen functional groups attached to an aromatic ring is 1. The highest BCUT2D eigenvalue weighted by atomic mass is 16.5. The molecule has 0 aliphatic heterocycles. The minimum absolute atomic E-state index is 0.180. The second kappa shape index (κ2) is 4.56. The zero-order chi connectivity index (χ0) is 12.3. The Kier molecular flexibility index (Phi) is 2.95. The van der Waals surface area contributed by atoms with Crippen molar-refractivity contribution in [2.45, 2.75) is 6.54 Å². The van der Waals surface area contributed by atoms with Crippen LogP contribution in [-0.2, 0) is 6.54 Å². The third-order valence-electron chi connectivity index (χ3n) is 2.24. The summed E-state index contributed by atoms with van der Waals surface area (Å²) in [6.45, 7) is 0.396. The van der Waals surface area contributed by atoms with Crippen LogP contribution in [0.4, 0.5) is 11.4 Å². The molecule has 1 aromatic heterocycles. The fourth-order valence-corrected chi connectivity index (χ4v) is 1.36. The van der Waals surface area contributed by atoms with Gasteiger partial charge in [0, 0.05) is 6.07 Å². The van der Waals surface area contributed by atoms with E-state index in [4.69, 9.17) is 15.4 Å². The van der Waals surface area contributed by atoms with Gasteiger partial charge in [0.25, 0.3) is 0 Å². The number of carbonyl (C=O) groups is 1. The Balaban J connectivity index is 2.14. The van der Waals surface area contributed by atoms with Gasteiger partial charge in [-0.3, -0.25) is 0 Å². The molecule has 6 heteroatoms. The number of carboxylic acid groups (broad SMARTS) is 1. The minimum atomic E-state index is -0.993. The molecule has 0 atom stereocenters. The second-order valence-electron chi connectivity index (χ2n) is 3.44. The number of anilines is 2. The van der Waals surface area contributed by atoms with Crippen LogP contribution in [0.3, 0.4) is 0 Å². The quantitative estimate of drug-likeness (QED) is 0.693. The van der Waals surface area contributed by atoms with Crippen molar-refractivity contribution in [1.82, 2.24) is 5.16 Å². The first-order chi connectivity index (χ1) is 8.16. The Morgan fingerprint density at radius 3 is 2.94 bits per heavy atom. The highest BCUT2D eigenvalue weighted by molar-refractivity contribution is 5.90. The van der Waals surface area contributed by atoms with Gasteiger partial charge in [-0.15, -0.1) is 0 Å². The molecule has 0 unspecified atom stereocenters. The van der Waals surface area contributed by atoms with Gasteiger partial charge < -0.3 is 20.7 Å². The van der Waals surface area contributed by atoms with E-state index in [9.17, 15) is 4.79 Å². The molecular weight excluding hydrogens is 222 g/mol. The maximum Gasteiger partial charge on any atom is 0.335 e. The molecule has 0 aliphatic rings. The molecule has 0 bridgehead atoms. The largest absolute Gasteiger partial charge is 0.478 e. The summed E-state index contributed by atoms with van der Waals surface area (Å²) in [5, 5.41) is 15.4. The van der Waals surface area contributed by atoms with Gasteiger partial charge in [-0.25, -0.2) is 4.79 Å². The molecular formula is C11H11N3O3. The number of aromatic nitrogens is 1. The summed E-state index contributed by atoms with van der Waals surface area (Å²) in [4.78, 5) is 10.8. The lowest BCUT2D eigenvalue weighted by Gasteiger charge is -2.08. The predicted octanol–water partition coefficient (Wildman–Crippen LogP) is 1.57. The standard InChI is InChI=1S/C11H11N3O3/c12-9-2-1-7(11(15)16)5-10(9)13-6-8-3-4-14-17-8/h1-5,13H,6,12H2,(H,15,16). The van der Waals surface area contributed by atoms with Crippen molar-refractivity contribution in [3.05, 3.63) is 41.8 Å². The predicted molar refractivity (Wildman–Crippen MR) is 61.6 cm³/mol. The molecule has 0 aliphatic carbocycles. The molecule has 17 heavy (non-hydrogen) atoms. The molecule has 0 spiro atoms. The van der Waals surface area contributed by atoms with Crippen LogP contribution in [0.15, 0.2) is 35.0 Å². The molecule has 2 rings (SSSR count). The number of nitrogens with one attached hydrogen (secondary N) is 1. The van der Waals surface area contributed by atoms with Crippen molar-refractivity contribution in [2.75, 3.05) is 11.1 Å². The molecule has 88 valence electrons. The summed E-state index contributed by atoms with van der Waals surface area (Å²) in [7, 11) is 0. The maximum atomic E-state index is 10.8. The number of nitrogens with two attached hydrogens (primary N) is 1. The van der Waals surface area contributed by atoms with E-state index in [0.717, 1.165) is 0 Å². The molecule has 4 N–H and O–H groups in total. The first-order valence-corrected chi connectivity index (χ1v) is 4.93. The Morgan fingerprint density at radius 2 is 2.29 bits per heavy atom. The molecule has 0 fully saturated rings. The fourth-order valence-electron chi connectivity index (χ4n) is 1.36.